The molecule has 0 radical (unpaired) electrons. The molecule has 7 nitrogen and oxygen atoms in total. The summed E-state index contributed by atoms with van der Waals surface area (Å²) in [6.07, 6.45) is -3.58. The van der Waals surface area contributed by atoms with E-state index in [1.807, 2.05) is 7.05 Å². The van der Waals surface area contributed by atoms with Gasteiger partial charge in [-0.2, -0.15) is 18.2 Å². The average Bonchev–Trinajstić information content (AvgIpc) is 3.09. The number of urea groups is 1. The molecule has 122 valence electrons. The number of carbonyl (C=O) groups is 1. The van der Waals surface area contributed by atoms with Crippen molar-refractivity contribution in [2.45, 2.75) is 31.1 Å². The maximum Gasteiger partial charge on any atom is 0.455 e. The van der Waals surface area contributed by atoms with Gasteiger partial charge in [0.1, 0.15) is 0 Å². The second-order valence-electron chi connectivity index (χ2n) is 5.54. The quantitative estimate of drug-likeness (QED) is 0.889. The van der Waals surface area contributed by atoms with Gasteiger partial charge in [0.25, 0.3) is 5.82 Å². The highest BCUT2D eigenvalue weighted by Gasteiger charge is 2.49. The maximum absolute atomic E-state index is 12.3. The topological polar surface area (TPSA) is 74.5 Å². The number of hydrogen-bond acceptors (Lipinski definition) is 5. The molecular weight excluding hydrogens is 303 g/mol. The summed E-state index contributed by atoms with van der Waals surface area (Å²) >= 11 is 0. The van der Waals surface area contributed by atoms with Crippen LogP contribution in [0.5, 0.6) is 0 Å². The van der Waals surface area contributed by atoms with Gasteiger partial charge in [-0.25, -0.2) is 4.79 Å². The number of alkyl halides is 3. The van der Waals surface area contributed by atoms with Gasteiger partial charge in [-0.1, -0.05) is 5.16 Å². The van der Waals surface area contributed by atoms with Crippen molar-refractivity contribution in [3.63, 3.8) is 0 Å². The molecule has 10 heteroatoms. The van der Waals surface area contributed by atoms with Gasteiger partial charge in [0.15, 0.2) is 0 Å². The minimum absolute atomic E-state index is 0.0661. The van der Waals surface area contributed by atoms with E-state index in [-0.39, 0.29) is 30.9 Å². The lowest BCUT2D eigenvalue weighted by Crippen LogP contribution is -2.51. The number of likely N-dealkylation sites (N-methyl/N-ethyl adjacent to an activating group) is 1. The van der Waals surface area contributed by atoms with Crippen LogP contribution in [-0.2, 0) is 12.6 Å². The molecule has 2 fully saturated rings. The molecule has 2 atom stereocenters. The predicted molar refractivity (Wildman–Crippen MR) is 67.9 cm³/mol. The number of aromatic nitrogens is 2. The maximum atomic E-state index is 12.3. The summed E-state index contributed by atoms with van der Waals surface area (Å²) < 4.78 is 41.4. The summed E-state index contributed by atoms with van der Waals surface area (Å²) in [5.74, 6) is -1.44. The van der Waals surface area contributed by atoms with E-state index in [0.717, 1.165) is 13.0 Å². The van der Waals surface area contributed by atoms with Crippen molar-refractivity contribution in [1.82, 2.24) is 25.3 Å². The molecule has 1 aliphatic heterocycles. The average molecular weight is 319 g/mol. The molecule has 2 amide bonds. The van der Waals surface area contributed by atoms with Crippen molar-refractivity contribution in [3.05, 3.63) is 11.7 Å². The van der Waals surface area contributed by atoms with Crippen molar-refractivity contribution in [2.75, 3.05) is 26.7 Å². The molecule has 1 aromatic rings. The Morgan fingerprint density at radius 2 is 2.18 bits per heavy atom. The first-order chi connectivity index (χ1) is 10.4. The van der Waals surface area contributed by atoms with Gasteiger partial charge in [0.05, 0.1) is 6.04 Å². The summed E-state index contributed by atoms with van der Waals surface area (Å²) in [6, 6.07) is 0.486. The van der Waals surface area contributed by atoms with Crippen molar-refractivity contribution in [1.29, 1.82) is 0 Å². The Morgan fingerprint density at radius 3 is 2.86 bits per heavy atom. The third-order valence-corrected chi connectivity index (χ3v) is 3.98. The van der Waals surface area contributed by atoms with Gasteiger partial charge >= 0.3 is 12.2 Å². The van der Waals surface area contributed by atoms with Gasteiger partial charge in [0, 0.05) is 32.1 Å². The molecule has 1 aliphatic carbocycles. The zero-order valence-corrected chi connectivity index (χ0v) is 11.9. The Kier molecular flexibility index (Phi) is 3.71. The minimum atomic E-state index is -4.62. The first-order valence-corrected chi connectivity index (χ1v) is 7.01. The van der Waals surface area contributed by atoms with Crippen LogP contribution in [0.25, 0.3) is 0 Å². The van der Waals surface area contributed by atoms with E-state index in [2.05, 4.69) is 24.9 Å². The number of rotatable bonds is 3. The molecule has 3 rings (SSSR count). The first kappa shape index (κ1) is 15.1. The smallest absolute Gasteiger partial charge is 0.339 e. The zero-order chi connectivity index (χ0) is 15.9. The molecule has 22 heavy (non-hydrogen) atoms. The normalized spacial score (nSPS) is 25.0. The third kappa shape index (κ3) is 3.01. The molecule has 2 heterocycles. The third-order valence-electron chi connectivity index (χ3n) is 3.98. The van der Waals surface area contributed by atoms with Gasteiger partial charge < -0.3 is 14.7 Å². The van der Waals surface area contributed by atoms with Gasteiger partial charge in [-0.05, 0) is 13.5 Å². The fraction of sp³-hybridized carbons (Fsp3) is 0.750. The number of amides is 2. The number of nitrogens with zero attached hydrogens (tertiary/aromatic N) is 4. The zero-order valence-electron chi connectivity index (χ0n) is 11.9. The van der Waals surface area contributed by atoms with Gasteiger partial charge in [-0.15, -0.1) is 0 Å². The van der Waals surface area contributed by atoms with E-state index < -0.39 is 12.0 Å². The van der Waals surface area contributed by atoms with Crippen LogP contribution >= 0.6 is 0 Å². The fourth-order valence-electron chi connectivity index (χ4n) is 2.68. The van der Waals surface area contributed by atoms with E-state index >= 15 is 0 Å². The highest BCUT2D eigenvalue weighted by molar-refractivity contribution is 5.75. The summed E-state index contributed by atoms with van der Waals surface area (Å²) in [7, 11) is 2.04. The van der Waals surface area contributed by atoms with Crippen LogP contribution in [0.15, 0.2) is 4.52 Å². The molecule has 0 spiro atoms. The van der Waals surface area contributed by atoms with E-state index in [0.29, 0.717) is 12.6 Å². The van der Waals surface area contributed by atoms with E-state index in [1.165, 1.54) is 0 Å². The van der Waals surface area contributed by atoms with Crippen LogP contribution in [0.2, 0.25) is 0 Å². The van der Waals surface area contributed by atoms with Crippen molar-refractivity contribution < 1.29 is 22.5 Å². The van der Waals surface area contributed by atoms with Crippen molar-refractivity contribution >= 4 is 6.03 Å². The Labute approximate surface area is 124 Å². The van der Waals surface area contributed by atoms with E-state index in [9.17, 15) is 18.0 Å². The summed E-state index contributed by atoms with van der Waals surface area (Å²) in [6.45, 7) is 1.64. The lowest BCUT2D eigenvalue weighted by atomic mass is 10.3. The molecule has 0 bridgehead atoms. The Bertz CT molecular complexity index is 561. The molecule has 0 aromatic carbocycles. The molecular formula is C12H16F3N5O2. The van der Waals surface area contributed by atoms with Crippen molar-refractivity contribution in [2.24, 2.45) is 0 Å². The Balaban J connectivity index is 1.45. The summed E-state index contributed by atoms with van der Waals surface area (Å²) in [5, 5.41) is 5.54. The molecule has 1 N–H and O–H groups in total. The second-order valence-corrected chi connectivity index (χ2v) is 5.54. The first-order valence-electron chi connectivity index (χ1n) is 7.01. The number of hydrogen-bond donors (Lipinski definition) is 1. The van der Waals surface area contributed by atoms with Crippen LogP contribution in [0, 0.1) is 0 Å². The largest absolute Gasteiger partial charge is 0.455 e. The van der Waals surface area contributed by atoms with E-state index in [4.69, 9.17) is 0 Å². The molecule has 2 unspecified atom stereocenters. The Hall–Kier alpha value is -1.84. The summed E-state index contributed by atoms with van der Waals surface area (Å²) in [5.41, 5.74) is 0. The Morgan fingerprint density at radius 1 is 1.41 bits per heavy atom. The number of carbonyl (C=O) groups excluding carboxylic acids is 1. The molecule has 1 aromatic heterocycles. The number of halogens is 3. The molecule has 2 aliphatic rings. The SMILES string of the molecule is CN1CCN(C(=O)NCCc2nc(C(F)(F)F)no2)C2CC21. The van der Waals surface area contributed by atoms with Gasteiger partial charge in [-0.3, -0.25) is 4.90 Å². The highest BCUT2D eigenvalue weighted by Crippen LogP contribution is 2.35. The molecule has 1 saturated heterocycles. The van der Waals surface area contributed by atoms with Crippen LogP contribution in [0.1, 0.15) is 18.1 Å². The monoisotopic (exact) mass is 319 g/mol. The van der Waals surface area contributed by atoms with Crippen LogP contribution in [0.3, 0.4) is 0 Å². The van der Waals surface area contributed by atoms with E-state index in [1.54, 1.807) is 4.90 Å². The van der Waals surface area contributed by atoms with Crippen LogP contribution in [0.4, 0.5) is 18.0 Å². The highest BCUT2D eigenvalue weighted by atomic mass is 19.4. The number of piperazine rings is 1. The lowest BCUT2D eigenvalue weighted by molar-refractivity contribution is -0.146. The summed E-state index contributed by atoms with van der Waals surface area (Å²) in [4.78, 5) is 19.3. The van der Waals surface area contributed by atoms with Crippen molar-refractivity contribution in [3.8, 4) is 0 Å². The number of fused-ring (bicyclic) bond motifs is 1. The van der Waals surface area contributed by atoms with Crippen LogP contribution in [-0.4, -0.2) is 64.7 Å². The predicted octanol–water partition coefficient (Wildman–Crippen LogP) is 0.729. The standard InChI is InChI=1S/C12H16F3N5O2/c1-19-4-5-20(8-6-7(8)19)11(21)16-3-2-9-17-10(18-22-9)12(13,14)15/h7-8H,2-6H2,1H3,(H,16,21). The van der Waals surface area contributed by atoms with Gasteiger partial charge in [0.2, 0.25) is 5.89 Å². The fourth-order valence-corrected chi connectivity index (χ4v) is 2.68. The van der Waals surface area contributed by atoms with Crippen LogP contribution < -0.4 is 5.32 Å². The molecule has 1 saturated carbocycles. The number of nitrogens with one attached hydrogen (secondary N) is 1. The minimum Gasteiger partial charge on any atom is -0.339 e. The second kappa shape index (κ2) is 5.41. The lowest BCUT2D eigenvalue weighted by Gasteiger charge is -2.31.